The van der Waals surface area contributed by atoms with Crippen LogP contribution in [0, 0.1) is 0 Å². The minimum Gasteiger partial charge on any atom is -0.378 e. The highest BCUT2D eigenvalue weighted by atomic mass is 16.5. The van der Waals surface area contributed by atoms with Crippen LogP contribution in [0.4, 0.5) is 0 Å². The van der Waals surface area contributed by atoms with Gasteiger partial charge in [0.1, 0.15) is 0 Å². The molecule has 0 saturated carbocycles. The maximum atomic E-state index is 10.5. The van der Waals surface area contributed by atoms with Gasteiger partial charge < -0.3 is 4.74 Å². The third kappa shape index (κ3) is 4.03. The number of ether oxygens (including phenoxy) is 1. The Morgan fingerprint density at radius 1 is 1.62 bits per heavy atom. The van der Waals surface area contributed by atoms with Gasteiger partial charge in [0, 0.05) is 25.7 Å². The second kappa shape index (κ2) is 4.97. The average Bonchev–Trinajstić information content (AvgIpc) is 2.53. The molecule has 1 aliphatic heterocycles. The molecule has 1 unspecified atom stereocenters. The number of hydrazone groups is 1. The van der Waals surface area contributed by atoms with Crippen molar-refractivity contribution in [2.45, 2.75) is 39.2 Å². The molecule has 1 heterocycles. The van der Waals surface area contributed by atoms with Gasteiger partial charge >= 0.3 is 0 Å². The molecule has 0 aromatic heterocycles. The van der Waals surface area contributed by atoms with Crippen LogP contribution in [-0.4, -0.2) is 24.3 Å². The first-order chi connectivity index (χ1) is 6.18. The molecule has 74 valence electrons. The molecule has 4 heteroatoms. The summed E-state index contributed by atoms with van der Waals surface area (Å²) in [5.41, 5.74) is 3.33. The number of nitrogens with one attached hydrogen (secondary N) is 1. The van der Waals surface area contributed by atoms with Crippen LogP contribution in [0.5, 0.6) is 0 Å². The number of carbonyl (C=O) groups excluding carboxylic acids is 1. The Balaban J connectivity index is 2.26. The van der Waals surface area contributed by atoms with Gasteiger partial charge in [0.2, 0.25) is 5.91 Å². The molecule has 0 bridgehead atoms. The van der Waals surface area contributed by atoms with Crippen molar-refractivity contribution < 1.29 is 9.53 Å². The van der Waals surface area contributed by atoms with E-state index in [1.165, 1.54) is 6.92 Å². The van der Waals surface area contributed by atoms with E-state index in [0.29, 0.717) is 6.10 Å². The molecule has 1 amide bonds. The van der Waals surface area contributed by atoms with E-state index in [-0.39, 0.29) is 5.91 Å². The quantitative estimate of drug-likeness (QED) is 0.527. The van der Waals surface area contributed by atoms with Crippen molar-refractivity contribution in [1.82, 2.24) is 5.43 Å². The van der Waals surface area contributed by atoms with Crippen LogP contribution in [0.25, 0.3) is 0 Å². The smallest absolute Gasteiger partial charge is 0.236 e. The average molecular weight is 184 g/mol. The molecule has 1 rings (SSSR count). The van der Waals surface area contributed by atoms with Gasteiger partial charge in [-0.25, -0.2) is 5.43 Å². The molecular formula is C9H16N2O2. The monoisotopic (exact) mass is 184 g/mol. The van der Waals surface area contributed by atoms with Gasteiger partial charge in [0.25, 0.3) is 0 Å². The van der Waals surface area contributed by atoms with Crippen LogP contribution in [0.3, 0.4) is 0 Å². The van der Waals surface area contributed by atoms with Crippen molar-refractivity contribution in [2.75, 3.05) is 6.61 Å². The van der Waals surface area contributed by atoms with E-state index in [1.54, 1.807) is 0 Å². The first-order valence-corrected chi connectivity index (χ1v) is 4.60. The summed E-state index contributed by atoms with van der Waals surface area (Å²) in [5.74, 6) is -0.133. The second-order valence-corrected chi connectivity index (χ2v) is 3.35. The highest BCUT2D eigenvalue weighted by Gasteiger charge is 2.15. The molecule has 0 spiro atoms. The fraction of sp³-hybridized carbons (Fsp3) is 0.778. The van der Waals surface area contributed by atoms with Gasteiger partial charge in [-0.05, 0) is 19.8 Å². The van der Waals surface area contributed by atoms with Crippen molar-refractivity contribution in [3.8, 4) is 0 Å². The molecule has 1 atom stereocenters. The number of hydrogen-bond acceptors (Lipinski definition) is 3. The third-order valence-electron chi connectivity index (χ3n) is 1.95. The zero-order chi connectivity index (χ0) is 9.68. The number of hydrogen-bond donors (Lipinski definition) is 1. The van der Waals surface area contributed by atoms with Gasteiger partial charge in [0.15, 0.2) is 0 Å². The normalized spacial score (nSPS) is 23.2. The summed E-state index contributed by atoms with van der Waals surface area (Å²) in [6.07, 6.45) is 3.36. The van der Waals surface area contributed by atoms with E-state index in [4.69, 9.17) is 4.74 Å². The van der Waals surface area contributed by atoms with E-state index >= 15 is 0 Å². The number of carbonyl (C=O) groups is 1. The van der Waals surface area contributed by atoms with E-state index in [9.17, 15) is 4.79 Å². The highest BCUT2D eigenvalue weighted by Crippen LogP contribution is 2.15. The SMILES string of the molecule is CC(=O)N/N=C(\C)CC1CCCO1. The molecule has 0 aliphatic carbocycles. The lowest BCUT2D eigenvalue weighted by Crippen LogP contribution is -2.17. The number of rotatable bonds is 3. The fourth-order valence-corrected chi connectivity index (χ4v) is 1.35. The highest BCUT2D eigenvalue weighted by molar-refractivity contribution is 5.84. The molecule has 1 fully saturated rings. The second-order valence-electron chi connectivity index (χ2n) is 3.35. The van der Waals surface area contributed by atoms with Crippen LogP contribution >= 0.6 is 0 Å². The van der Waals surface area contributed by atoms with Crippen LogP contribution in [0.15, 0.2) is 5.10 Å². The predicted molar refractivity (Wildman–Crippen MR) is 50.5 cm³/mol. The topological polar surface area (TPSA) is 50.7 Å². The van der Waals surface area contributed by atoms with Crippen molar-refractivity contribution in [3.63, 3.8) is 0 Å². The summed E-state index contributed by atoms with van der Waals surface area (Å²) in [4.78, 5) is 10.5. The lowest BCUT2D eigenvalue weighted by Gasteiger charge is -2.07. The van der Waals surface area contributed by atoms with Crippen molar-refractivity contribution in [3.05, 3.63) is 0 Å². The minimum atomic E-state index is -0.133. The lowest BCUT2D eigenvalue weighted by atomic mass is 10.1. The van der Waals surface area contributed by atoms with Gasteiger partial charge in [-0.1, -0.05) is 0 Å². The van der Waals surface area contributed by atoms with Crippen molar-refractivity contribution in [1.29, 1.82) is 0 Å². The van der Waals surface area contributed by atoms with Crippen LogP contribution < -0.4 is 5.43 Å². The Hall–Kier alpha value is -0.900. The maximum Gasteiger partial charge on any atom is 0.236 e. The summed E-state index contributed by atoms with van der Waals surface area (Å²) in [6, 6.07) is 0. The maximum absolute atomic E-state index is 10.5. The lowest BCUT2D eigenvalue weighted by molar-refractivity contribution is -0.118. The number of amides is 1. The first-order valence-electron chi connectivity index (χ1n) is 4.60. The van der Waals surface area contributed by atoms with E-state index in [1.807, 2.05) is 6.92 Å². The molecule has 0 radical (unpaired) electrons. The summed E-state index contributed by atoms with van der Waals surface area (Å²) in [5, 5.41) is 3.92. The summed E-state index contributed by atoms with van der Waals surface area (Å²) in [7, 11) is 0. The zero-order valence-electron chi connectivity index (χ0n) is 8.17. The predicted octanol–water partition coefficient (Wildman–Crippen LogP) is 1.07. The number of nitrogens with zero attached hydrogens (tertiary/aromatic N) is 1. The molecule has 0 aromatic carbocycles. The largest absolute Gasteiger partial charge is 0.378 e. The van der Waals surface area contributed by atoms with Gasteiger partial charge in [-0.2, -0.15) is 5.10 Å². The Morgan fingerprint density at radius 2 is 2.38 bits per heavy atom. The van der Waals surface area contributed by atoms with Crippen molar-refractivity contribution in [2.24, 2.45) is 5.10 Å². The molecule has 0 aromatic rings. The Bertz CT molecular complexity index is 208. The Labute approximate surface area is 78.3 Å². The van der Waals surface area contributed by atoms with Crippen molar-refractivity contribution >= 4 is 11.6 Å². The molecule has 1 N–H and O–H groups in total. The minimum absolute atomic E-state index is 0.133. The van der Waals surface area contributed by atoms with Crippen LogP contribution in [-0.2, 0) is 9.53 Å². The third-order valence-corrected chi connectivity index (χ3v) is 1.95. The van der Waals surface area contributed by atoms with Crippen LogP contribution in [0.2, 0.25) is 0 Å². The van der Waals surface area contributed by atoms with Gasteiger partial charge in [-0.15, -0.1) is 0 Å². The fourth-order valence-electron chi connectivity index (χ4n) is 1.35. The van der Waals surface area contributed by atoms with Crippen LogP contribution in [0.1, 0.15) is 33.1 Å². The summed E-state index contributed by atoms with van der Waals surface area (Å²) < 4.78 is 5.44. The van der Waals surface area contributed by atoms with E-state index in [2.05, 4.69) is 10.5 Å². The molecule has 1 saturated heterocycles. The van der Waals surface area contributed by atoms with Gasteiger partial charge in [-0.3, -0.25) is 4.79 Å². The molecule has 4 nitrogen and oxygen atoms in total. The van der Waals surface area contributed by atoms with Gasteiger partial charge in [0.05, 0.1) is 6.10 Å². The van der Waals surface area contributed by atoms with E-state index < -0.39 is 0 Å². The Kier molecular flexibility index (Phi) is 3.89. The first kappa shape index (κ1) is 10.2. The van der Waals surface area contributed by atoms with E-state index in [0.717, 1.165) is 31.6 Å². The molecule has 1 aliphatic rings. The molecular weight excluding hydrogens is 168 g/mol. The summed E-state index contributed by atoms with van der Waals surface area (Å²) >= 11 is 0. The molecule has 13 heavy (non-hydrogen) atoms. The summed E-state index contributed by atoms with van der Waals surface area (Å²) in [6.45, 7) is 4.21. The Morgan fingerprint density at radius 3 is 2.92 bits per heavy atom. The zero-order valence-corrected chi connectivity index (χ0v) is 8.17. The standard InChI is InChI=1S/C9H16N2O2/c1-7(10-11-8(2)12)6-9-4-3-5-13-9/h9H,3-6H2,1-2H3,(H,11,12)/b10-7+.